The zero-order valence-corrected chi connectivity index (χ0v) is 10.4. The second-order valence-corrected chi connectivity index (χ2v) is 4.11. The van der Waals surface area contributed by atoms with Crippen LogP contribution in [0, 0.1) is 0 Å². The van der Waals surface area contributed by atoms with E-state index < -0.39 is 0 Å². The molecule has 0 saturated carbocycles. The molecule has 3 nitrogen and oxygen atoms in total. The van der Waals surface area contributed by atoms with E-state index >= 15 is 0 Å². The first-order chi connectivity index (χ1) is 7.69. The molecule has 1 unspecified atom stereocenters. The van der Waals surface area contributed by atoms with Crippen LogP contribution in [-0.4, -0.2) is 26.8 Å². The van der Waals surface area contributed by atoms with Gasteiger partial charge in [0, 0.05) is 39.0 Å². The van der Waals surface area contributed by atoms with Crippen LogP contribution in [0.15, 0.2) is 24.3 Å². The fourth-order valence-electron chi connectivity index (χ4n) is 1.60. The smallest absolute Gasteiger partial charge is 0.0481 e. The Morgan fingerprint density at radius 3 is 2.44 bits per heavy atom. The van der Waals surface area contributed by atoms with Crippen molar-refractivity contribution in [3.05, 3.63) is 29.8 Å². The van der Waals surface area contributed by atoms with Gasteiger partial charge in [-0.1, -0.05) is 12.1 Å². The first-order valence-electron chi connectivity index (χ1n) is 5.69. The molecular formula is C13H22N2O. The molecule has 1 rings (SSSR count). The molecular weight excluding hydrogens is 200 g/mol. The van der Waals surface area contributed by atoms with Crippen molar-refractivity contribution < 1.29 is 4.74 Å². The molecule has 0 aliphatic carbocycles. The van der Waals surface area contributed by atoms with Gasteiger partial charge >= 0.3 is 0 Å². The summed E-state index contributed by atoms with van der Waals surface area (Å²) in [6, 6.07) is 8.87. The molecule has 0 spiro atoms. The molecule has 0 amide bonds. The molecule has 90 valence electrons. The van der Waals surface area contributed by atoms with Crippen molar-refractivity contribution in [2.45, 2.75) is 25.9 Å². The maximum absolute atomic E-state index is 5.57. The highest BCUT2D eigenvalue weighted by Gasteiger charge is 2.09. The Bertz CT molecular complexity index is 297. The number of benzene rings is 1. The van der Waals surface area contributed by atoms with Gasteiger partial charge in [0.2, 0.25) is 0 Å². The van der Waals surface area contributed by atoms with Gasteiger partial charge in [0.15, 0.2) is 0 Å². The Morgan fingerprint density at radius 1 is 1.31 bits per heavy atom. The van der Waals surface area contributed by atoms with Crippen LogP contribution >= 0.6 is 0 Å². The van der Waals surface area contributed by atoms with Crippen molar-refractivity contribution in [3.8, 4) is 0 Å². The molecule has 0 aliphatic rings. The van der Waals surface area contributed by atoms with E-state index in [0.29, 0.717) is 12.6 Å². The van der Waals surface area contributed by atoms with E-state index in [9.17, 15) is 0 Å². The minimum Gasteiger partial charge on any atom is -0.385 e. The molecule has 0 radical (unpaired) electrons. The van der Waals surface area contributed by atoms with Crippen LogP contribution in [0.4, 0.5) is 5.69 Å². The lowest BCUT2D eigenvalue weighted by Crippen LogP contribution is -2.29. The fraction of sp³-hybridized carbons (Fsp3) is 0.538. The van der Waals surface area contributed by atoms with Gasteiger partial charge in [-0.05, 0) is 31.0 Å². The minimum absolute atomic E-state index is 0.476. The maximum atomic E-state index is 5.57. The van der Waals surface area contributed by atoms with Crippen LogP contribution in [0.1, 0.15) is 18.9 Å². The highest BCUT2D eigenvalue weighted by atomic mass is 16.5. The third-order valence-corrected chi connectivity index (χ3v) is 2.98. The zero-order valence-electron chi connectivity index (χ0n) is 10.4. The number of nitrogens with two attached hydrogens (primary N) is 1. The molecule has 0 aromatic heterocycles. The quantitative estimate of drug-likeness (QED) is 0.800. The van der Waals surface area contributed by atoms with Crippen LogP contribution in [0.5, 0.6) is 0 Å². The molecule has 0 aliphatic heterocycles. The van der Waals surface area contributed by atoms with Crippen molar-refractivity contribution in [3.63, 3.8) is 0 Å². The van der Waals surface area contributed by atoms with Gasteiger partial charge < -0.3 is 15.4 Å². The van der Waals surface area contributed by atoms with E-state index in [0.717, 1.165) is 13.0 Å². The number of rotatable bonds is 6. The molecule has 0 saturated heterocycles. The Balaban J connectivity index is 2.60. The summed E-state index contributed by atoms with van der Waals surface area (Å²) in [5.74, 6) is 0. The van der Waals surface area contributed by atoms with Gasteiger partial charge in [0.25, 0.3) is 0 Å². The first-order valence-corrected chi connectivity index (χ1v) is 5.69. The van der Waals surface area contributed by atoms with Crippen LogP contribution in [0.2, 0.25) is 0 Å². The van der Waals surface area contributed by atoms with E-state index in [2.05, 4.69) is 43.1 Å². The molecule has 0 fully saturated rings. The lowest BCUT2D eigenvalue weighted by Gasteiger charge is -2.27. The van der Waals surface area contributed by atoms with Gasteiger partial charge in [-0.25, -0.2) is 0 Å². The van der Waals surface area contributed by atoms with Gasteiger partial charge in [-0.3, -0.25) is 0 Å². The lowest BCUT2D eigenvalue weighted by molar-refractivity contribution is 0.189. The average Bonchev–Trinajstić information content (AvgIpc) is 2.35. The standard InChI is InChI=1S/C13H22N2O/c1-11(8-9-16-3)15(2)13-6-4-12(10-14)5-7-13/h4-7,11H,8-10,14H2,1-3H3. The van der Waals surface area contributed by atoms with Gasteiger partial charge in [0.1, 0.15) is 0 Å². The van der Waals surface area contributed by atoms with Crippen LogP contribution < -0.4 is 10.6 Å². The third-order valence-electron chi connectivity index (χ3n) is 2.98. The summed E-state index contributed by atoms with van der Waals surface area (Å²) in [4.78, 5) is 2.26. The topological polar surface area (TPSA) is 38.5 Å². The van der Waals surface area contributed by atoms with Crippen LogP contribution in [0.3, 0.4) is 0 Å². The number of ether oxygens (including phenoxy) is 1. The second kappa shape index (κ2) is 6.51. The SMILES string of the molecule is COCCC(C)N(C)c1ccc(CN)cc1. The molecule has 1 aromatic carbocycles. The molecule has 3 heteroatoms. The minimum atomic E-state index is 0.476. The Kier molecular flexibility index (Phi) is 5.29. The zero-order chi connectivity index (χ0) is 12.0. The summed E-state index contributed by atoms with van der Waals surface area (Å²) >= 11 is 0. The number of hydrogen-bond donors (Lipinski definition) is 1. The number of hydrogen-bond acceptors (Lipinski definition) is 3. The van der Waals surface area contributed by atoms with E-state index in [-0.39, 0.29) is 0 Å². The number of nitrogens with zero attached hydrogens (tertiary/aromatic N) is 1. The summed E-state index contributed by atoms with van der Waals surface area (Å²) in [6.07, 6.45) is 1.03. The molecule has 16 heavy (non-hydrogen) atoms. The van der Waals surface area contributed by atoms with Gasteiger partial charge in [0.05, 0.1) is 0 Å². The Morgan fingerprint density at radius 2 is 1.94 bits per heavy atom. The van der Waals surface area contributed by atoms with Crippen molar-refractivity contribution in [2.75, 3.05) is 25.7 Å². The highest BCUT2D eigenvalue weighted by Crippen LogP contribution is 2.17. The number of methoxy groups -OCH3 is 1. The van der Waals surface area contributed by atoms with Crippen LogP contribution in [-0.2, 0) is 11.3 Å². The van der Waals surface area contributed by atoms with Crippen LogP contribution in [0.25, 0.3) is 0 Å². The molecule has 0 bridgehead atoms. The fourth-order valence-corrected chi connectivity index (χ4v) is 1.60. The molecule has 2 N–H and O–H groups in total. The normalized spacial score (nSPS) is 12.5. The summed E-state index contributed by atoms with van der Waals surface area (Å²) in [6.45, 7) is 3.60. The summed E-state index contributed by atoms with van der Waals surface area (Å²) in [5.41, 5.74) is 7.96. The van der Waals surface area contributed by atoms with E-state index in [1.807, 2.05) is 0 Å². The lowest BCUT2D eigenvalue weighted by atomic mass is 10.1. The van der Waals surface area contributed by atoms with Crippen molar-refractivity contribution in [2.24, 2.45) is 5.73 Å². The average molecular weight is 222 g/mol. The highest BCUT2D eigenvalue weighted by molar-refractivity contribution is 5.47. The largest absolute Gasteiger partial charge is 0.385 e. The second-order valence-electron chi connectivity index (χ2n) is 4.11. The van der Waals surface area contributed by atoms with Crippen molar-refractivity contribution >= 4 is 5.69 Å². The third kappa shape index (κ3) is 3.51. The van der Waals surface area contributed by atoms with E-state index in [1.54, 1.807) is 7.11 Å². The van der Waals surface area contributed by atoms with Crippen molar-refractivity contribution in [1.29, 1.82) is 0 Å². The Hall–Kier alpha value is -1.06. The number of anilines is 1. The Labute approximate surface area is 98.2 Å². The molecule has 1 atom stereocenters. The monoisotopic (exact) mass is 222 g/mol. The predicted octanol–water partition coefficient (Wildman–Crippen LogP) is 2.01. The van der Waals surface area contributed by atoms with Crippen molar-refractivity contribution in [1.82, 2.24) is 0 Å². The summed E-state index contributed by atoms with van der Waals surface area (Å²) in [5, 5.41) is 0. The molecule has 0 heterocycles. The first kappa shape index (κ1) is 13.0. The molecule has 1 aromatic rings. The predicted molar refractivity (Wildman–Crippen MR) is 68.7 cm³/mol. The summed E-state index contributed by atoms with van der Waals surface area (Å²) < 4.78 is 5.09. The van der Waals surface area contributed by atoms with Gasteiger partial charge in [-0.15, -0.1) is 0 Å². The summed E-state index contributed by atoms with van der Waals surface area (Å²) in [7, 11) is 3.85. The van der Waals surface area contributed by atoms with Gasteiger partial charge in [-0.2, -0.15) is 0 Å². The van der Waals surface area contributed by atoms with E-state index in [1.165, 1.54) is 11.3 Å². The maximum Gasteiger partial charge on any atom is 0.0481 e. The van der Waals surface area contributed by atoms with E-state index in [4.69, 9.17) is 10.5 Å².